The molecule has 0 heterocycles. The number of fused-ring (bicyclic) bond motifs is 1. The molecule has 3 heteroatoms. The quantitative estimate of drug-likeness (QED) is 0.676. The lowest BCUT2D eigenvalue weighted by Crippen LogP contribution is -2.33. The summed E-state index contributed by atoms with van der Waals surface area (Å²) in [6.07, 6.45) is 5.49. The smallest absolute Gasteiger partial charge is 0.0558 e. The number of nitrogens with zero attached hydrogens (tertiary/aromatic N) is 1. The molecule has 2 saturated carbocycles. The van der Waals surface area contributed by atoms with Gasteiger partial charge in [-0.25, -0.2) is 0 Å². The van der Waals surface area contributed by atoms with Crippen molar-refractivity contribution in [2.24, 2.45) is 11.8 Å². The highest BCUT2D eigenvalue weighted by atomic mass is 16.3. The van der Waals surface area contributed by atoms with Crippen LogP contribution in [0, 0.1) is 11.8 Å². The van der Waals surface area contributed by atoms with Crippen molar-refractivity contribution >= 4 is 0 Å². The van der Waals surface area contributed by atoms with Crippen molar-refractivity contribution in [2.45, 2.75) is 31.7 Å². The van der Waals surface area contributed by atoms with Gasteiger partial charge in [0, 0.05) is 19.1 Å². The SMILES string of the molecule is OCCN(CCO)C1[C@H]2CCCC[C@@H]12. The summed E-state index contributed by atoms with van der Waals surface area (Å²) in [5.41, 5.74) is 0. The molecular formula is C11H21NO2. The zero-order valence-electron chi connectivity index (χ0n) is 8.73. The van der Waals surface area contributed by atoms with Crippen LogP contribution in [0.5, 0.6) is 0 Å². The van der Waals surface area contributed by atoms with Gasteiger partial charge in [-0.1, -0.05) is 12.8 Å². The zero-order chi connectivity index (χ0) is 9.97. The molecule has 0 aromatic heterocycles. The largest absolute Gasteiger partial charge is 0.395 e. The Labute approximate surface area is 85.7 Å². The van der Waals surface area contributed by atoms with Gasteiger partial charge in [0.15, 0.2) is 0 Å². The van der Waals surface area contributed by atoms with Gasteiger partial charge in [-0.05, 0) is 24.7 Å². The van der Waals surface area contributed by atoms with E-state index >= 15 is 0 Å². The molecule has 2 fully saturated rings. The second-order valence-electron chi connectivity index (χ2n) is 4.59. The van der Waals surface area contributed by atoms with E-state index in [1.165, 1.54) is 25.7 Å². The van der Waals surface area contributed by atoms with Crippen LogP contribution in [0.25, 0.3) is 0 Å². The molecule has 0 radical (unpaired) electrons. The van der Waals surface area contributed by atoms with Crippen molar-refractivity contribution in [3.63, 3.8) is 0 Å². The second kappa shape index (κ2) is 4.60. The summed E-state index contributed by atoms with van der Waals surface area (Å²) >= 11 is 0. The zero-order valence-corrected chi connectivity index (χ0v) is 8.73. The van der Waals surface area contributed by atoms with Gasteiger partial charge in [0.2, 0.25) is 0 Å². The number of rotatable bonds is 5. The van der Waals surface area contributed by atoms with Gasteiger partial charge in [0.05, 0.1) is 13.2 Å². The molecule has 0 aliphatic heterocycles. The van der Waals surface area contributed by atoms with Gasteiger partial charge < -0.3 is 10.2 Å². The van der Waals surface area contributed by atoms with Crippen LogP contribution in [-0.4, -0.2) is 47.5 Å². The maximum atomic E-state index is 8.95. The first-order chi connectivity index (χ1) is 6.88. The van der Waals surface area contributed by atoms with E-state index in [0.717, 1.165) is 24.9 Å². The molecular weight excluding hydrogens is 178 g/mol. The number of hydrogen-bond donors (Lipinski definition) is 2. The molecule has 2 N–H and O–H groups in total. The highest BCUT2D eigenvalue weighted by Crippen LogP contribution is 2.52. The molecule has 2 aliphatic carbocycles. The summed E-state index contributed by atoms with van der Waals surface area (Å²) in [6.45, 7) is 1.91. The summed E-state index contributed by atoms with van der Waals surface area (Å²) in [5.74, 6) is 1.75. The first kappa shape index (κ1) is 10.4. The molecule has 1 unspecified atom stereocenters. The fraction of sp³-hybridized carbons (Fsp3) is 1.00. The van der Waals surface area contributed by atoms with Crippen LogP contribution < -0.4 is 0 Å². The molecule has 0 bridgehead atoms. The third-order valence-corrected chi connectivity index (χ3v) is 3.81. The van der Waals surface area contributed by atoms with Crippen molar-refractivity contribution in [3.05, 3.63) is 0 Å². The van der Waals surface area contributed by atoms with Crippen molar-refractivity contribution in [1.29, 1.82) is 0 Å². The molecule has 3 nitrogen and oxygen atoms in total. The van der Waals surface area contributed by atoms with Crippen LogP contribution in [0.3, 0.4) is 0 Å². The third kappa shape index (κ3) is 1.95. The summed E-state index contributed by atoms with van der Waals surface area (Å²) < 4.78 is 0. The van der Waals surface area contributed by atoms with Crippen LogP contribution in [0.1, 0.15) is 25.7 Å². The van der Waals surface area contributed by atoms with Gasteiger partial charge in [0.1, 0.15) is 0 Å². The Balaban J connectivity index is 1.86. The van der Waals surface area contributed by atoms with Gasteiger partial charge in [-0.2, -0.15) is 0 Å². The fourth-order valence-corrected chi connectivity index (χ4v) is 3.16. The first-order valence-corrected chi connectivity index (χ1v) is 5.84. The van der Waals surface area contributed by atoms with Crippen LogP contribution in [0.15, 0.2) is 0 Å². The predicted octanol–water partition coefficient (Wildman–Crippen LogP) is 0.462. The number of hydrogen-bond acceptors (Lipinski definition) is 3. The Morgan fingerprint density at radius 1 is 0.929 bits per heavy atom. The minimum absolute atomic E-state index is 0.218. The highest BCUT2D eigenvalue weighted by Gasteiger charge is 2.52. The standard InChI is InChI=1S/C11H21NO2/c13-7-5-12(6-8-14)11-9-3-1-2-4-10(9)11/h9-11,13-14H,1-8H2/t9-,10+,11?. The lowest BCUT2D eigenvalue weighted by Gasteiger charge is -2.20. The fourth-order valence-electron chi connectivity index (χ4n) is 3.16. The molecule has 0 amide bonds. The van der Waals surface area contributed by atoms with Crippen molar-refractivity contribution in [1.82, 2.24) is 4.90 Å². The van der Waals surface area contributed by atoms with E-state index in [2.05, 4.69) is 4.90 Å². The van der Waals surface area contributed by atoms with Crippen molar-refractivity contribution < 1.29 is 10.2 Å². The van der Waals surface area contributed by atoms with Crippen LogP contribution in [0.2, 0.25) is 0 Å². The van der Waals surface area contributed by atoms with E-state index in [-0.39, 0.29) is 13.2 Å². The Hall–Kier alpha value is -0.120. The molecule has 2 rings (SSSR count). The van der Waals surface area contributed by atoms with Gasteiger partial charge in [-0.15, -0.1) is 0 Å². The third-order valence-electron chi connectivity index (χ3n) is 3.81. The Bertz CT molecular complexity index is 168. The molecule has 2 aliphatic rings. The Morgan fingerprint density at radius 3 is 1.86 bits per heavy atom. The van der Waals surface area contributed by atoms with E-state index in [9.17, 15) is 0 Å². The summed E-state index contributed by atoms with van der Waals surface area (Å²) in [4.78, 5) is 2.28. The summed E-state index contributed by atoms with van der Waals surface area (Å²) in [5, 5.41) is 17.9. The molecule has 82 valence electrons. The van der Waals surface area contributed by atoms with E-state index in [1.54, 1.807) is 0 Å². The first-order valence-electron chi connectivity index (χ1n) is 5.84. The summed E-state index contributed by atoms with van der Waals surface area (Å²) in [7, 11) is 0. The molecule has 0 spiro atoms. The van der Waals surface area contributed by atoms with Gasteiger partial charge in [0.25, 0.3) is 0 Å². The number of aliphatic hydroxyl groups is 2. The van der Waals surface area contributed by atoms with Crippen molar-refractivity contribution in [2.75, 3.05) is 26.3 Å². The molecule has 0 saturated heterocycles. The molecule has 0 aromatic rings. The molecule has 3 atom stereocenters. The predicted molar refractivity (Wildman–Crippen MR) is 55.0 cm³/mol. The minimum Gasteiger partial charge on any atom is -0.395 e. The molecule has 0 aromatic carbocycles. The van der Waals surface area contributed by atoms with Gasteiger partial charge in [-0.3, -0.25) is 4.90 Å². The highest BCUT2D eigenvalue weighted by molar-refractivity contribution is 5.05. The average molecular weight is 199 g/mol. The maximum Gasteiger partial charge on any atom is 0.0558 e. The Kier molecular flexibility index (Phi) is 3.42. The van der Waals surface area contributed by atoms with Crippen LogP contribution in [0.4, 0.5) is 0 Å². The average Bonchev–Trinajstić information content (AvgIpc) is 2.91. The van der Waals surface area contributed by atoms with Crippen LogP contribution >= 0.6 is 0 Å². The molecule has 14 heavy (non-hydrogen) atoms. The monoisotopic (exact) mass is 199 g/mol. The van der Waals surface area contributed by atoms with E-state index in [4.69, 9.17) is 10.2 Å². The normalized spacial score (nSPS) is 35.8. The Morgan fingerprint density at radius 2 is 1.43 bits per heavy atom. The maximum absolute atomic E-state index is 8.95. The van der Waals surface area contributed by atoms with Crippen LogP contribution in [-0.2, 0) is 0 Å². The van der Waals surface area contributed by atoms with Gasteiger partial charge >= 0.3 is 0 Å². The van der Waals surface area contributed by atoms with E-state index in [0.29, 0.717) is 6.04 Å². The summed E-state index contributed by atoms with van der Waals surface area (Å²) in [6, 6.07) is 0.678. The minimum atomic E-state index is 0.218. The van der Waals surface area contributed by atoms with E-state index in [1.807, 2.05) is 0 Å². The lowest BCUT2D eigenvalue weighted by atomic mass is 10.0. The topological polar surface area (TPSA) is 43.7 Å². The second-order valence-corrected chi connectivity index (χ2v) is 4.59. The van der Waals surface area contributed by atoms with E-state index < -0.39 is 0 Å². The number of aliphatic hydroxyl groups excluding tert-OH is 2. The van der Waals surface area contributed by atoms with Crippen molar-refractivity contribution in [3.8, 4) is 0 Å². The lowest BCUT2D eigenvalue weighted by molar-refractivity contribution is 0.146.